The zero-order valence-electron chi connectivity index (χ0n) is 15.8. The minimum absolute atomic E-state index is 0.183. The molecule has 0 saturated heterocycles. The number of rotatable bonds is 7. The lowest BCUT2D eigenvalue weighted by molar-refractivity contribution is 0.0527. The van der Waals surface area contributed by atoms with Gasteiger partial charge in [0.1, 0.15) is 5.56 Å². The van der Waals surface area contributed by atoms with Crippen LogP contribution in [0.5, 0.6) is 0 Å². The van der Waals surface area contributed by atoms with E-state index in [0.29, 0.717) is 18.9 Å². The summed E-state index contributed by atoms with van der Waals surface area (Å²) < 4.78 is 5.03. The first-order valence-electron chi connectivity index (χ1n) is 9.14. The minimum atomic E-state index is -0.525. The first-order valence-corrected chi connectivity index (χ1v) is 9.14. The molecule has 3 aromatic rings. The van der Waals surface area contributed by atoms with Crippen LogP contribution in [0.15, 0.2) is 66.9 Å². The second-order valence-electron chi connectivity index (χ2n) is 6.37. The van der Waals surface area contributed by atoms with Crippen molar-refractivity contribution >= 4 is 23.2 Å². The quantitative estimate of drug-likeness (QED) is 0.612. The number of aromatic nitrogens is 1. The maximum atomic E-state index is 12.1. The van der Waals surface area contributed by atoms with Gasteiger partial charge >= 0.3 is 5.97 Å². The highest BCUT2D eigenvalue weighted by atomic mass is 16.5. The Bertz CT molecular complexity index is 889. The molecule has 144 valence electrons. The Balaban J connectivity index is 1.97. The summed E-state index contributed by atoms with van der Waals surface area (Å²) in [7, 11) is 0. The van der Waals surface area contributed by atoms with Gasteiger partial charge in [-0.15, -0.1) is 0 Å². The second kappa shape index (κ2) is 8.90. The zero-order valence-corrected chi connectivity index (χ0v) is 15.8. The van der Waals surface area contributed by atoms with E-state index >= 15 is 0 Å². The minimum Gasteiger partial charge on any atom is -0.462 e. The zero-order chi connectivity index (χ0) is 19.9. The van der Waals surface area contributed by atoms with Gasteiger partial charge in [0.25, 0.3) is 0 Å². The highest BCUT2D eigenvalue weighted by Crippen LogP contribution is 2.31. The Morgan fingerprint density at radius 3 is 1.96 bits per heavy atom. The molecule has 0 aliphatic rings. The fraction of sp³-hybridized carbons (Fsp3) is 0.182. The van der Waals surface area contributed by atoms with Crippen LogP contribution in [-0.4, -0.2) is 17.6 Å². The molecule has 4 N–H and O–H groups in total. The average Bonchev–Trinajstić information content (AvgIpc) is 2.71. The lowest BCUT2D eigenvalue weighted by atomic mass is 10.1. The Morgan fingerprint density at radius 2 is 1.46 bits per heavy atom. The van der Waals surface area contributed by atoms with Crippen molar-refractivity contribution < 1.29 is 9.53 Å². The van der Waals surface area contributed by atoms with Crippen molar-refractivity contribution in [2.24, 2.45) is 0 Å². The number of pyridine rings is 1. The van der Waals surface area contributed by atoms with Crippen LogP contribution in [-0.2, 0) is 17.8 Å². The highest BCUT2D eigenvalue weighted by Gasteiger charge is 2.20. The topological polar surface area (TPSA) is 94.5 Å². The van der Waals surface area contributed by atoms with E-state index in [1.54, 1.807) is 6.92 Å². The molecule has 0 amide bonds. The Kier molecular flexibility index (Phi) is 6.11. The molecule has 0 radical (unpaired) electrons. The number of carbonyl (C=O) groups is 1. The predicted octanol–water partition coefficient (Wildman–Crippen LogP) is 3.63. The fourth-order valence-corrected chi connectivity index (χ4v) is 2.97. The number of benzene rings is 2. The van der Waals surface area contributed by atoms with Gasteiger partial charge in [-0.05, 0) is 18.1 Å². The summed E-state index contributed by atoms with van der Waals surface area (Å²) in [6.45, 7) is 3.20. The normalized spacial score (nSPS) is 10.5. The van der Waals surface area contributed by atoms with E-state index in [4.69, 9.17) is 16.2 Å². The van der Waals surface area contributed by atoms with Crippen molar-refractivity contribution in [2.75, 3.05) is 23.0 Å². The van der Waals surface area contributed by atoms with Gasteiger partial charge in [-0.25, -0.2) is 9.78 Å². The summed E-state index contributed by atoms with van der Waals surface area (Å²) in [6, 6.07) is 20.1. The Labute approximate surface area is 164 Å². The highest BCUT2D eigenvalue weighted by molar-refractivity contribution is 5.99. The molecule has 0 saturated carbocycles. The Hall–Kier alpha value is -3.54. The summed E-state index contributed by atoms with van der Waals surface area (Å²) in [5.74, 6) is 0.0154. The molecule has 3 rings (SSSR count). The third-order valence-electron chi connectivity index (χ3n) is 4.36. The standard InChI is InChI=1S/C22H24N4O2/c1-2-28-22(27)18-13-25-21(20(24)19(18)23)26(14-16-9-5-3-6-10-16)15-17-11-7-4-8-12-17/h3-13H,2,14-15,24H2,1H3,(H2,23,25). The summed E-state index contributed by atoms with van der Waals surface area (Å²) in [5, 5.41) is 0. The largest absolute Gasteiger partial charge is 0.462 e. The molecule has 0 fully saturated rings. The lowest BCUT2D eigenvalue weighted by Gasteiger charge is -2.26. The molecule has 2 aromatic carbocycles. The van der Waals surface area contributed by atoms with Gasteiger partial charge in [-0.1, -0.05) is 60.7 Å². The van der Waals surface area contributed by atoms with E-state index in [1.807, 2.05) is 65.6 Å². The number of nitrogens with zero attached hydrogens (tertiary/aromatic N) is 2. The lowest BCUT2D eigenvalue weighted by Crippen LogP contribution is -2.25. The first kappa shape index (κ1) is 19.2. The van der Waals surface area contributed by atoms with E-state index in [0.717, 1.165) is 11.1 Å². The van der Waals surface area contributed by atoms with E-state index in [2.05, 4.69) is 4.98 Å². The molecule has 0 aliphatic carbocycles. The summed E-state index contributed by atoms with van der Waals surface area (Å²) in [4.78, 5) is 18.6. The van der Waals surface area contributed by atoms with E-state index < -0.39 is 5.97 Å². The van der Waals surface area contributed by atoms with Gasteiger partial charge in [-0.2, -0.15) is 0 Å². The van der Waals surface area contributed by atoms with Gasteiger partial charge in [-0.3, -0.25) is 0 Å². The molecule has 0 bridgehead atoms. The van der Waals surface area contributed by atoms with E-state index in [9.17, 15) is 4.79 Å². The van der Waals surface area contributed by atoms with Crippen LogP contribution in [0.1, 0.15) is 28.4 Å². The van der Waals surface area contributed by atoms with Gasteiger partial charge in [0.15, 0.2) is 5.82 Å². The summed E-state index contributed by atoms with van der Waals surface area (Å²) >= 11 is 0. The SMILES string of the molecule is CCOC(=O)c1cnc(N(Cc2ccccc2)Cc2ccccc2)c(N)c1N. The third kappa shape index (κ3) is 4.40. The second-order valence-corrected chi connectivity index (χ2v) is 6.37. The third-order valence-corrected chi connectivity index (χ3v) is 4.36. The van der Waals surface area contributed by atoms with E-state index in [1.165, 1.54) is 6.20 Å². The molecule has 1 heterocycles. The molecule has 0 atom stereocenters. The number of ether oxygens (including phenoxy) is 1. The van der Waals surface area contributed by atoms with Gasteiger partial charge < -0.3 is 21.1 Å². The molecule has 0 aliphatic heterocycles. The molecule has 0 spiro atoms. The first-order chi connectivity index (χ1) is 13.6. The molecule has 0 unspecified atom stereocenters. The molecule has 28 heavy (non-hydrogen) atoms. The van der Waals surface area contributed by atoms with Crippen LogP contribution < -0.4 is 16.4 Å². The summed E-state index contributed by atoms with van der Waals surface area (Å²) in [6.07, 6.45) is 1.43. The number of anilines is 3. The average molecular weight is 376 g/mol. The molecule has 1 aromatic heterocycles. The van der Waals surface area contributed by atoms with Crippen LogP contribution in [0.25, 0.3) is 0 Å². The summed E-state index contributed by atoms with van der Waals surface area (Å²) in [5.41, 5.74) is 15.3. The number of nitrogens with two attached hydrogens (primary N) is 2. The number of esters is 1. The number of hydrogen-bond acceptors (Lipinski definition) is 6. The van der Waals surface area contributed by atoms with Gasteiger partial charge in [0, 0.05) is 19.3 Å². The molecular weight excluding hydrogens is 352 g/mol. The molecule has 6 heteroatoms. The monoisotopic (exact) mass is 376 g/mol. The van der Waals surface area contributed by atoms with Crippen LogP contribution in [0.4, 0.5) is 17.2 Å². The van der Waals surface area contributed by atoms with Crippen LogP contribution in [0.3, 0.4) is 0 Å². The molecular formula is C22H24N4O2. The van der Waals surface area contributed by atoms with Crippen molar-refractivity contribution in [2.45, 2.75) is 20.0 Å². The van der Waals surface area contributed by atoms with Crippen molar-refractivity contribution in [3.05, 3.63) is 83.6 Å². The Morgan fingerprint density at radius 1 is 0.929 bits per heavy atom. The number of hydrogen-bond donors (Lipinski definition) is 2. The van der Waals surface area contributed by atoms with Crippen molar-refractivity contribution in [1.29, 1.82) is 0 Å². The smallest absolute Gasteiger partial charge is 0.341 e. The van der Waals surface area contributed by atoms with Gasteiger partial charge in [0.05, 0.1) is 18.0 Å². The van der Waals surface area contributed by atoms with Crippen molar-refractivity contribution in [3.8, 4) is 0 Å². The van der Waals surface area contributed by atoms with Crippen LogP contribution >= 0.6 is 0 Å². The van der Waals surface area contributed by atoms with Crippen molar-refractivity contribution in [3.63, 3.8) is 0 Å². The maximum Gasteiger partial charge on any atom is 0.341 e. The van der Waals surface area contributed by atoms with Gasteiger partial charge in [0.2, 0.25) is 0 Å². The van der Waals surface area contributed by atoms with Crippen LogP contribution in [0.2, 0.25) is 0 Å². The van der Waals surface area contributed by atoms with Crippen molar-refractivity contribution in [1.82, 2.24) is 4.98 Å². The van der Waals surface area contributed by atoms with E-state index in [-0.39, 0.29) is 23.5 Å². The molecule has 6 nitrogen and oxygen atoms in total. The maximum absolute atomic E-state index is 12.1. The predicted molar refractivity (Wildman–Crippen MR) is 112 cm³/mol. The van der Waals surface area contributed by atoms with Crippen LogP contribution in [0, 0.1) is 0 Å². The number of nitrogen functional groups attached to an aromatic ring is 2. The number of carbonyl (C=O) groups excluding carboxylic acids is 1. The fourth-order valence-electron chi connectivity index (χ4n) is 2.97.